The van der Waals surface area contributed by atoms with E-state index in [1.165, 1.54) is 13.0 Å². The summed E-state index contributed by atoms with van der Waals surface area (Å²) in [7, 11) is 0. The van der Waals surface area contributed by atoms with Crippen molar-refractivity contribution in [2.24, 2.45) is 0 Å². The molecule has 0 aliphatic rings. The molecule has 0 aliphatic heterocycles. The molecule has 0 radical (unpaired) electrons. The number of allylic oxidation sites excluding steroid dienone is 1. The smallest absolute Gasteiger partial charge is 0.331 e. The fourth-order valence-electron chi connectivity index (χ4n) is 0.610. The summed E-state index contributed by atoms with van der Waals surface area (Å²) in [5.41, 5.74) is -0.0979. The molecule has 0 rings (SSSR count). The summed E-state index contributed by atoms with van der Waals surface area (Å²) in [6.07, 6.45) is 1.22. The molecule has 0 aromatic rings. The van der Waals surface area contributed by atoms with Gasteiger partial charge in [0.2, 0.25) is 0 Å². The second-order valence-electron chi connectivity index (χ2n) is 3.92. The zero-order valence-corrected chi connectivity index (χ0v) is 8.80. The average Bonchev–Trinajstić information content (AvgIpc) is 1.81. The van der Waals surface area contributed by atoms with Crippen LogP contribution in [-0.4, -0.2) is 17.4 Å². The molecule has 13 heavy (non-hydrogen) atoms. The summed E-state index contributed by atoms with van der Waals surface area (Å²) in [4.78, 5) is 21.9. The van der Waals surface area contributed by atoms with Crippen LogP contribution >= 0.6 is 0 Å². The maximum Gasteiger partial charge on any atom is 0.331 e. The van der Waals surface area contributed by atoms with Crippen LogP contribution < -0.4 is 0 Å². The number of hydrogen-bond acceptors (Lipinski definition) is 3. The van der Waals surface area contributed by atoms with Crippen molar-refractivity contribution in [2.75, 3.05) is 0 Å². The van der Waals surface area contributed by atoms with Gasteiger partial charge < -0.3 is 4.74 Å². The highest BCUT2D eigenvalue weighted by atomic mass is 16.6. The number of rotatable bonds is 2. The zero-order valence-electron chi connectivity index (χ0n) is 8.80. The zero-order chi connectivity index (χ0) is 10.6. The highest BCUT2D eigenvalue weighted by molar-refractivity contribution is 5.98. The summed E-state index contributed by atoms with van der Waals surface area (Å²) in [5, 5.41) is 0. The maximum absolute atomic E-state index is 11.1. The molecule has 74 valence electrons. The Morgan fingerprint density at radius 3 is 1.92 bits per heavy atom. The van der Waals surface area contributed by atoms with E-state index in [2.05, 4.69) is 0 Å². The van der Waals surface area contributed by atoms with Crippen molar-refractivity contribution < 1.29 is 14.3 Å². The topological polar surface area (TPSA) is 43.4 Å². The van der Waals surface area contributed by atoms with E-state index in [0.29, 0.717) is 5.57 Å². The van der Waals surface area contributed by atoms with Crippen molar-refractivity contribution in [3.63, 3.8) is 0 Å². The maximum atomic E-state index is 11.1. The van der Waals surface area contributed by atoms with Crippen molar-refractivity contribution in [3.8, 4) is 0 Å². The molecule has 0 aromatic carbocycles. The molecule has 0 fully saturated rings. The molecule has 0 aromatic heterocycles. The van der Waals surface area contributed by atoms with Gasteiger partial charge in [-0.3, -0.25) is 4.79 Å². The van der Waals surface area contributed by atoms with Gasteiger partial charge in [-0.1, -0.05) is 0 Å². The van der Waals surface area contributed by atoms with Gasteiger partial charge >= 0.3 is 5.97 Å². The monoisotopic (exact) mass is 184 g/mol. The van der Waals surface area contributed by atoms with E-state index in [0.717, 1.165) is 0 Å². The van der Waals surface area contributed by atoms with E-state index in [4.69, 9.17) is 4.74 Å². The lowest BCUT2D eigenvalue weighted by Gasteiger charge is -2.18. The highest BCUT2D eigenvalue weighted by Crippen LogP contribution is 2.08. The number of ketones is 1. The second-order valence-corrected chi connectivity index (χ2v) is 3.92. The van der Waals surface area contributed by atoms with Crippen molar-refractivity contribution in [3.05, 3.63) is 11.6 Å². The molecule has 3 nitrogen and oxygen atoms in total. The minimum atomic E-state index is -0.509. The first-order chi connectivity index (χ1) is 5.72. The Kier molecular flexibility index (Phi) is 3.85. The number of hydrogen-bond donors (Lipinski definition) is 0. The van der Waals surface area contributed by atoms with Crippen LogP contribution in [0.2, 0.25) is 0 Å². The first-order valence-electron chi connectivity index (χ1n) is 4.14. The van der Waals surface area contributed by atoms with E-state index >= 15 is 0 Å². The first-order valence-corrected chi connectivity index (χ1v) is 4.14. The predicted octanol–water partition coefficient (Wildman–Crippen LogP) is 1.86. The normalized spacial score (nSPS) is 12.5. The largest absolute Gasteiger partial charge is 0.457 e. The molecule has 0 saturated heterocycles. The molecule has 0 N–H and O–H groups in total. The second kappa shape index (κ2) is 4.21. The lowest BCUT2D eigenvalue weighted by atomic mass is 10.2. The minimum absolute atomic E-state index is 0.120. The third-order valence-electron chi connectivity index (χ3n) is 1.30. The molecule has 0 heterocycles. The van der Waals surface area contributed by atoms with Gasteiger partial charge in [-0.2, -0.15) is 0 Å². The van der Waals surface area contributed by atoms with Gasteiger partial charge in [0, 0.05) is 6.08 Å². The summed E-state index contributed by atoms with van der Waals surface area (Å²) >= 11 is 0. The van der Waals surface area contributed by atoms with Gasteiger partial charge in [0.1, 0.15) is 5.60 Å². The lowest BCUT2D eigenvalue weighted by Crippen LogP contribution is -2.23. The van der Waals surface area contributed by atoms with E-state index in [1.807, 2.05) is 0 Å². The third-order valence-corrected chi connectivity index (χ3v) is 1.30. The summed E-state index contributed by atoms with van der Waals surface area (Å²) in [6, 6.07) is 0. The van der Waals surface area contributed by atoms with Gasteiger partial charge in [-0.15, -0.1) is 0 Å². The Morgan fingerprint density at radius 1 is 1.15 bits per heavy atom. The van der Waals surface area contributed by atoms with E-state index < -0.39 is 11.6 Å². The Labute approximate surface area is 78.8 Å². The fraction of sp³-hybridized carbons (Fsp3) is 0.600. The Hall–Kier alpha value is -1.12. The quantitative estimate of drug-likeness (QED) is 0.486. The summed E-state index contributed by atoms with van der Waals surface area (Å²) in [5.74, 6) is -0.592. The van der Waals surface area contributed by atoms with Crippen LogP contribution in [0.1, 0.15) is 34.6 Å². The van der Waals surface area contributed by atoms with Gasteiger partial charge in [-0.05, 0) is 40.2 Å². The Morgan fingerprint density at radius 2 is 1.62 bits per heavy atom. The number of ether oxygens (including phenoxy) is 1. The molecule has 0 amide bonds. The number of Topliss-reactive ketones (excluding diaryl/α,β-unsaturated/α-hetero) is 1. The van der Waals surface area contributed by atoms with Crippen molar-refractivity contribution in [1.82, 2.24) is 0 Å². The van der Waals surface area contributed by atoms with Crippen LogP contribution in [0.3, 0.4) is 0 Å². The summed E-state index contributed by atoms with van der Waals surface area (Å²) < 4.78 is 4.99. The number of carbonyl (C=O) groups excluding carboxylic acids is 2. The molecule has 0 spiro atoms. The number of esters is 1. The molecule has 0 aliphatic carbocycles. The Balaban J connectivity index is 4.32. The standard InChI is InChI=1S/C10H16O3/c1-7(8(2)11)6-9(12)13-10(3,4)5/h6H,1-5H3/b7-6-. The van der Waals surface area contributed by atoms with Crippen LogP contribution in [0.4, 0.5) is 0 Å². The van der Waals surface area contributed by atoms with Crippen LogP contribution in [0.5, 0.6) is 0 Å². The minimum Gasteiger partial charge on any atom is -0.457 e. The van der Waals surface area contributed by atoms with Crippen molar-refractivity contribution >= 4 is 11.8 Å². The van der Waals surface area contributed by atoms with Crippen LogP contribution in [0.25, 0.3) is 0 Å². The van der Waals surface area contributed by atoms with E-state index in [1.54, 1.807) is 27.7 Å². The van der Waals surface area contributed by atoms with E-state index in [-0.39, 0.29) is 5.78 Å². The summed E-state index contributed by atoms with van der Waals surface area (Å²) in [6.45, 7) is 8.34. The van der Waals surface area contributed by atoms with Crippen LogP contribution in [0, 0.1) is 0 Å². The third kappa shape index (κ3) is 6.08. The highest BCUT2D eigenvalue weighted by Gasteiger charge is 2.14. The molecular formula is C10H16O3. The molecule has 0 unspecified atom stereocenters. The predicted molar refractivity (Wildman–Crippen MR) is 50.3 cm³/mol. The number of carbonyl (C=O) groups is 2. The Bertz CT molecular complexity index is 243. The lowest BCUT2D eigenvalue weighted by molar-refractivity contribution is -0.148. The fourth-order valence-corrected chi connectivity index (χ4v) is 0.610. The van der Waals surface area contributed by atoms with Crippen molar-refractivity contribution in [1.29, 1.82) is 0 Å². The van der Waals surface area contributed by atoms with Crippen molar-refractivity contribution in [2.45, 2.75) is 40.2 Å². The van der Waals surface area contributed by atoms with E-state index in [9.17, 15) is 9.59 Å². The van der Waals surface area contributed by atoms with Gasteiger partial charge in [0.05, 0.1) is 0 Å². The van der Waals surface area contributed by atoms with Gasteiger partial charge in [-0.25, -0.2) is 4.79 Å². The molecule has 0 bridgehead atoms. The van der Waals surface area contributed by atoms with Gasteiger partial charge in [0.15, 0.2) is 5.78 Å². The van der Waals surface area contributed by atoms with Gasteiger partial charge in [0.25, 0.3) is 0 Å². The molecule has 3 heteroatoms. The molecular weight excluding hydrogens is 168 g/mol. The van der Waals surface area contributed by atoms with Crippen LogP contribution in [0.15, 0.2) is 11.6 Å². The SMILES string of the molecule is CC(=O)/C(C)=C\C(=O)OC(C)(C)C. The molecule has 0 saturated carbocycles. The van der Waals surface area contributed by atoms with Crippen LogP contribution in [-0.2, 0) is 14.3 Å². The first kappa shape index (κ1) is 11.9. The molecule has 0 atom stereocenters. The average molecular weight is 184 g/mol.